The lowest BCUT2D eigenvalue weighted by molar-refractivity contribution is 0.129. The molecule has 0 saturated heterocycles. The van der Waals surface area contributed by atoms with Crippen molar-refractivity contribution in [3.63, 3.8) is 0 Å². The molecule has 0 aromatic carbocycles. The van der Waals surface area contributed by atoms with Gasteiger partial charge in [-0.05, 0) is 57.7 Å². The van der Waals surface area contributed by atoms with Gasteiger partial charge in [0, 0.05) is 18.3 Å². The number of hydrogen-bond donors (Lipinski definition) is 0. The van der Waals surface area contributed by atoms with Gasteiger partial charge < -0.3 is 0 Å². The highest BCUT2D eigenvalue weighted by atomic mass is 15.2. The van der Waals surface area contributed by atoms with Crippen LogP contribution >= 0.6 is 0 Å². The molecule has 0 spiro atoms. The molecular weight excluding hydrogens is 244 g/mol. The van der Waals surface area contributed by atoms with Gasteiger partial charge >= 0.3 is 0 Å². The highest BCUT2D eigenvalue weighted by Crippen LogP contribution is 2.30. The maximum absolute atomic E-state index is 4.47. The molecule has 1 atom stereocenters. The van der Waals surface area contributed by atoms with Gasteiger partial charge in [-0.15, -0.1) is 0 Å². The fourth-order valence-corrected chi connectivity index (χ4v) is 2.80. The number of hydrogen-bond acceptors (Lipinski definition) is 2. The molecule has 1 aromatic rings. The topological polar surface area (TPSA) is 16.1 Å². The molecule has 1 aliphatic carbocycles. The standard InChI is InChI=1S/C15H24N2.C2H6.CH4/c1-12-7-9-14(10-8-12)17(3)13(2)15-6-4-5-11-16-15;1-2;/h4-6,11-14H,7-10H2,1-3H3;1-2H3;1H4. The lowest BCUT2D eigenvalue weighted by Gasteiger charge is -2.37. The van der Waals surface area contributed by atoms with Crippen LogP contribution in [0.3, 0.4) is 0 Å². The molecule has 1 heterocycles. The first-order valence-electron chi connectivity index (χ1n) is 7.81. The van der Waals surface area contributed by atoms with E-state index in [1.807, 2.05) is 26.1 Å². The first-order chi connectivity index (χ1) is 9.18. The Morgan fingerprint density at radius 1 is 1.15 bits per heavy atom. The van der Waals surface area contributed by atoms with Gasteiger partial charge in [-0.2, -0.15) is 0 Å². The summed E-state index contributed by atoms with van der Waals surface area (Å²) in [6, 6.07) is 7.36. The van der Waals surface area contributed by atoms with Crippen molar-refractivity contribution in [1.29, 1.82) is 0 Å². The van der Waals surface area contributed by atoms with E-state index in [4.69, 9.17) is 0 Å². The van der Waals surface area contributed by atoms with Crippen LogP contribution in [0.5, 0.6) is 0 Å². The van der Waals surface area contributed by atoms with E-state index in [2.05, 4.69) is 42.9 Å². The van der Waals surface area contributed by atoms with Crippen LogP contribution in [0.4, 0.5) is 0 Å². The van der Waals surface area contributed by atoms with Gasteiger partial charge in [0.25, 0.3) is 0 Å². The Kier molecular flexibility index (Phi) is 9.49. The van der Waals surface area contributed by atoms with E-state index in [1.165, 1.54) is 31.4 Å². The van der Waals surface area contributed by atoms with E-state index in [-0.39, 0.29) is 7.43 Å². The molecule has 1 unspecified atom stereocenters. The molecule has 2 nitrogen and oxygen atoms in total. The Morgan fingerprint density at radius 2 is 1.75 bits per heavy atom. The first kappa shape index (κ1) is 19.1. The van der Waals surface area contributed by atoms with Crippen LogP contribution in [0.1, 0.15) is 72.5 Å². The van der Waals surface area contributed by atoms with Gasteiger partial charge in [-0.3, -0.25) is 9.88 Å². The van der Waals surface area contributed by atoms with Crippen molar-refractivity contribution in [1.82, 2.24) is 9.88 Å². The van der Waals surface area contributed by atoms with Crippen molar-refractivity contribution in [2.75, 3.05) is 7.05 Å². The van der Waals surface area contributed by atoms with Crippen LogP contribution in [-0.4, -0.2) is 23.0 Å². The van der Waals surface area contributed by atoms with E-state index >= 15 is 0 Å². The van der Waals surface area contributed by atoms with Crippen LogP contribution in [0.2, 0.25) is 0 Å². The highest BCUT2D eigenvalue weighted by Gasteiger charge is 2.25. The summed E-state index contributed by atoms with van der Waals surface area (Å²) in [5.74, 6) is 0.921. The second-order valence-corrected chi connectivity index (χ2v) is 5.51. The average Bonchev–Trinajstić information content (AvgIpc) is 2.49. The lowest BCUT2D eigenvalue weighted by atomic mass is 9.86. The summed E-state index contributed by atoms with van der Waals surface area (Å²) in [6.07, 6.45) is 7.33. The Bertz CT molecular complexity index is 329. The number of pyridine rings is 1. The lowest BCUT2D eigenvalue weighted by Crippen LogP contribution is -2.36. The largest absolute Gasteiger partial charge is 0.295 e. The van der Waals surface area contributed by atoms with E-state index in [0.29, 0.717) is 6.04 Å². The third-order valence-corrected chi connectivity index (χ3v) is 4.29. The normalized spacial score (nSPS) is 23.3. The predicted octanol–water partition coefficient (Wildman–Crippen LogP) is 5.32. The summed E-state index contributed by atoms with van der Waals surface area (Å²) in [7, 11) is 2.25. The molecule has 116 valence electrons. The Hall–Kier alpha value is -0.890. The Balaban J connectivity index is 0.00000115. The van der Waals surface area contributed by atoms with Crippen molar-refractivity contribution in [3.8, 4) is 0 Å². The minimum atomic E-state index is 0. The van der Waals surface area contributed by atoms with E-state index in [1.54, 1.807) is 0 Å². The van der Waals surface area contributed by atoms with E-state index in [0.717, 1.165) is 12.0 Å². The summed E-state index contributed by atoms with van der Waals surface area (Å²) < 4.78 is 0. The van der Waals surface area contributed by atoms with Crippen molar-refractivity contribution in [2.24, 2.45) is 5.92 Å². The molecule has 0 amide bonds. The van der Waals surface area contributed by atoms with Crippen LogP contribution in [0.15, 0.2) is 24.4 Å². The third-order valence-electron chi connectivity index (χ3n) is 4.29. The molecule has 0 radical (unpaired) electrons. The average molecular weight is 278 g/mol. The summed E-state index contributed by atoms with van der Waals surface area (Å²) in [5.41, 5.74) is 1.19. The molecule has 1 aromatic heterocycles. The quantitative estimate of drug-likeness (QED) is 0.744. The molecule has 0 bridgehead atoms. The molecule has 2 rings (SSSR count). The zero-order valence-electron chi connectivity index (χ0n) is 13.3. The van der Waals surface area contributed by atoms with Crippen molar-refractivity contribution in [3.05, 3.63) is 30.1 Å². The molecule has 1 saturated carbocycles. The summed E-state index contributed by atoms with van der Waals surface area (Å²) in [6.45, 7) is 8.64. The van der Waals surface area contributed by atoms with Gasteiger partial charge in [0.2, 0.25) is 0 Å². The van der Waals surface area contributed by atoms with Crippen molar-refractivity contribution in [2.45, 2.75) is 72.9 Å². The monoisotopic (exact) mass is 278 g/mol. The molecule has 0 N–H and O–H groups in total. The maximum Gasteiger partial charge on any atom is 0.0572 e. The molecule has 1 aliphatic rings. The summed E-state index contributed by atoms with van der Waals surface area (Å²) >= 11 is 0. The Labute approximate surface area is 126 Å². The van der Waals surface area contributed by atoms with Gasteiger partial charge in [0.15, 0.2) is 0 Å². The van der Waals surface area contributed by atoms with Gasteiger partial charge in [-0.1, -0.05) is 34.3 Å². The molecule has 2 heteroatoms. The van der Waals surface area contributed by atoms with Crippen LogP contribution in [-0.2, 0) is 0 Å². The molecule has 1 fully saturated rings. The number of nitrogens with zero attached hydrogens (tertiary/aromatic N) is 2. The number of aromatic nitrogens is 1. The van der Waals surface area contributed by atoms with Crippen molar-refractivity contribution < 1.29 is 0 Å². The van der Waals surface area contributed by atoms with Crippen LogP contribution < -0.4 is 0 Å². The predicted molar refractivity (Wildman–Crippen MR) is 89.9 cm³/mol. The van der Waals surface area contributed by atoms with Crippen LogP contribution in [0, 0.1) is 5.92 Å². The van der Waals surface area contributed by atoms with Crippen molar-refractivity contribution >= 4 is 0 Å². The smallest absolute Gasteiger partial charge is 0.0572 e. The SMILES string of the molecule is C.CC.CC1CCC(N(C)C(C)c2ccccn2)CC1. The molecular formula is C18H34N2. The fraction of sp³-hybridized carbons (Fsp3) is 0.722. The van der Waals surface area contributed by atoms with E-state index < -0.39 is 0 Å². The second kappa shape index (κ2) is 9.93. The molecule has 0 aliphatic heterocycles. The second-order valence-electron chi connectivity index (χ2n) is 5.51. The van der Waals surface area contributed by atoms with Crippen LogP contribution in [0.25, 0.3) is 0 Å². The zero-order chi connectivity index (χ0) is 14.3. The maximum atomic E-state index is 4.47. The number of rotatable bonds is 3. The first-order valence-corrected chi connectivity index (χ1v) is 7.81. The highest BCUT2D eigenvalue weighted by molar-refractivity contribution is 5.08. The third kappa shape index (κ3) is 5.24. The van der Waals surface area contributed by atoms with Gasteiger partial charge in [0.05, 0.1) is 5.69 Å². The minimum Gasteiger partial charge on any atom is -0.295 e. The van der Waals surface area contributed by atoms with Gasteiger partial charge in [0.1, 0.15) is 0 Å². The molecule has 20 heavy (non-hydrogen) atoms. The summed E-state index contributed by atoms with van der Waals surface area (Å²) in [5, 5.41) is 0. The summed E-state index contributed by atoms with van der Waals surface area (Å²) in [4.78, 5) is 6.98. The van der Waals surface area contributed by atoms with Gasteiger partial charge in [-0.25, -0.2) is 0 Å². The fourth-order valence-electron chi connectivity index (χ4n) is 2.80. The minimum absolute atomic E-state index is 0. The Morgan fingerprint density at radius 3 is 2.25 bits per heavy atom. The zero-order valence-corrected chi connectivity index (χ0v) is 13.3. The van der Waals surface area contributed by atoms with E-state index in [9.17, 15) is 0 Å².